The first kappa shape index (κ1) is 18.8. The molecule has 3 rings (SSSR count). The summed E-state index contributed by atoms with van der Waals surface area (Å²) in [6.07, 6.45) is 6.27. The van der Waals surface area contributed by atoms with Crippen LogP contribution in [0.2, 0.25) is 0 Å². The number of hydrogen-bond acceptors (Lipinski definition) is 3. The summed E-state index contributed by atoms with van der Waals surface area (Å²) in [6, 6.07) is 8.42. The average Bonchev–Trinajstić information content (AvgIpc) is 3.02. The number of para-hydroxylation sites is 1. The van der Waals surface area contributed by atoms with E-state index in [1.807, 2.05) is 12.2 Å². The van der Waals surface area contributed by atoms with Crippen LogP contribution in [0.4, 0.5) is 5.69 Å². The molecular weight excluding hydrogens is 321 g/mol. The number of nitrogens with zero attached hydrogens (tertiary/aromatic N) is 1. The Bertz CT molecular complexity index is 522. The van der Waals surface area contributed by atoms with Crippen molar-refractivity contribution in [2.24, 2.45) is 0 Å². The first-order chi connectivity index (χ1) is 9.84. The molecule has 1 atom stereocenters. The van der Waals surface area contributed by atoms with Crippen molar-refractivity contribution in [2.75, 3.05) is 31.1 Å². The molecule has 0 saturated heterocycles. The quantitative estimate of drug-likeness (QED) is 0.821. The topological polar surface area (TPSA) is 44.4 Å². The van der Waals surface area contributed by atoms with Crippen molar-refractivity contribution >= 4 is 36.4 Å². The monoisotopic (exact) mass is 343 g/mol. The summed E-state index contributed by atoms with van der Waals surface area (Å²) in [6.45, 7) is 3.43. The number of carbonyl (C=O) groups is 1. The Hall–Kier alpha value is -1.23. The Morgan fingerprint density at radius 2 is 2.14 bits per heavy atom. The number of carbonyl (C=O) groups excluding carboxylic acids is 1. The van der Waals surface area contributed by atoms with Gasteiger partial charge in [-0.25, -0.2) is 0 Å². The van der Waals surface area contributed by atoms with Gasteiger partial charge < -0.3 is 10.2 Å². The SMILES string of the molecule is Cl.Cl.O=C(NCCN1CCCc2ccccc21)C1C=CCN1. The molecule has 2 heterocycles. The van der Waals surface area contributed by atoms with Gasteiger partial charge in [-0.1, -0.05) is 30.4 Å². The summed E-state index contributed by atoms with van der Waals surface area (Å²) in [5, 5.41) is 6.13. The summed E-state index contributed by atoms with van der Waals surface area (Å²) in [5.41, 5.74) is 2.75. The second-order valence-electron chi connectivity index (χ2n) is 5.32. The van der Waals surface area contributed by atoms with Crippen LogP contribution in [0.5, 0.6) is 0 Å². The maximum atomic E-state index is 11.9. The van der Waals surface area contributed by atoms with Gasteiger partial charge in [-0.3, -0.25) is 10.1 Å². The summed E-state index contributed by atoms with van der Waals surface area (Å²) < 4.78 is 0. The maximum absolute atomic E-state index is 11.9. The molecule has 0 spiro atoms. The van der Waals surface area contributed by atoms with Crippen molar-refractivity contribution in [2.45, 2.75) is 18.9 Å². The number of aryl methyl sites for hydroxylation is 1. The molecule has 1 amide bonds. The Kier molecular flexibility index (Phi) is 7.73. The Balaban J connectivity index is 0.00000121. The van der Waals surface area contributed by atoms with Gasteiger partial charge in [0.1, 0.15) is 6.04 Å². The molecule has 2 aliphatic heterocycles. The number of hydrogen-bond donors (Lipinski definition) is 2. The lowest BCUT2D eigenvalue weighted by atomic mass is 10.0. The first-order valence-electron chi connectivity index (χ1n) is 7.35. The first-order valence-corrected chi connectivity index (χ1v) is 7.35. The fraction of sp³-hybridized carbons (Fsp3) is 0.438. The van der Waals surface area contributed by atoms with Crippen LogP contribution < -0.4 is 15.5 Å². The van der Waals surface area contributed by atoms with Crippen LogP contribution in [-0.4, -0.2) is 38.1 Å². The Morgan fingerprint density at radius 1 is 1.32 bits per heavy atom. The van der Waals surface area contributed by atoms with E-state index in [1.54, 1.807) is 0 Å². The van der Waals surface area contributed by atoms with Crippen molar-refractivity contribution in [1.82, 2.24) is 10.6 Å². The number of anilines is 1. The third kappa shape index (κ3) is 4.38. The van der Waals surface area contributed by atoms with E-state index in [1.165, 1.54) is 17.7 Å². The van der Waals surface area contributed by atoms with Gasteiger partial charge in [-0.05, 0) is 24.5 Å². The van der Waals surface area contributed by atoms with Crippen LogP contribution >= 0.6 is 24.8 Å². The molecule has 0 aliphatic carbocycles. The minimum Gasteiger partial charge on any atom is -0.370 e. The lowest BCUT2D eigenvalue weighted by Crippen LogP contribution is -2.44. The number of nitrogens with one attached hydrogen (secondary N) is 2. The lowest BCUT2D eigenvalue weighted by Gasteiger charge is -2.31. The van der Waals surface area contributed by atoms with Crippen LogP contribution in [0.3, 0.4) is 0 Å². The predicted octanol–water partition coefficient (Wildman–Crippen LogP) is 1.93. The summed E-state index contributed by atoms with van der Waals surface area (Å²) in [4.78, 5) is 14.3. The van der Waals surface area contributed by atoms with E-state index < -0.39 is 0 Å². The van der Waals surface area contributed by atoms with Gasteiger partial charge in [-0.2, -0.15) is 0 Å². The van der Waals surface area contributed by atoms with Gasteiger partial charge in [0.25, 0.3) is 0 Å². The molecular formula is C16H23Cl2N3O. The van der Waals surface area contributed by atoms with Crippen molar-refractivity contribution in [3.63, 3.8) is 0 Å². The summed E-state index contributed by atoms with van der Waals surface area (Å²) in [5.74, 6) is 0.0732. The fourth-order valence-corrected chi connectivity index (χ4v) is 2.92. The second-order valence-corrected chi connectivity index (χ2v) is 5.32. The number of benzene rings is 1. The molecule has 6 heteroatoms. The molecule has 1 aromatic rings. The van der Waals surface area contributed by atoms with Gasteiger partial charge in [0.15, 0.2) is 0 Å². The maximum Gasteiger partial charge on any atom is 0.241 e. The van der Waals surface area contributed by atoms with E-state index in [-0.39, 0.29) is 36.8 Å². The zero-order valence-corrected chi connectivity index (χ0v) is 14.1. The van der Waals surface area contributed by atoms with Crippen molar-refractivity contribution in [3.8, 4) is 0 Å². The predicted molar refractivity (Wildman–Crippen MR) is 95.4 cm³/mol. The zero-order valence-electron chi connectivity index (χ0n) is 12.5. The third-order valence-electron chi connectivity index (χ3n) is 3.95. The summed E-state index contributed by atoms with van der Waals surface area (Å²) in [7, 11) is 0. The number of amides is 1. The van der Waals surface area contributed by atoms with Gasteiger partial charge in [0, 0.05) is 31.9 Å². The van der Waals surface area contributed by atoms with Gasteiger partial charge in [0.05, 0.1) is 0 Å². The second kappa shape index (κ2) is 9.03. The van der Waals surface area contributed by atoms with Gasteiger partial charge in [0.2, 0.25) is 5.91 Å². The standard InChI is InChI=1S/C16H21N3O.2ClH/c20-16(14-7-3-9-17-14)18-10-12-19-11-4-6-13-5-1-2-8-15(13)19;;/h1-3,5,7-8,14,17H,4,6,9-12H2,(H,18,20);2*1H. The van der Waals surface area contributed by atoms with E-state index in [4.69, 9.17) is 0 Å². The highest BCUT2D eigenvalue weighted by Crippen LogP contribution is 2.25. The number of rotatable bonds is 4. The molecule has 0 fully saturated rings. The molecule has 122 valence electrons. The molecule has 0 saturated carbocycles. The molecule has 2 N–H and O–H groups in total. The molecule has 1 aromatic carbocycles. The molecule has 0 radical (unpaired) electrons. The minimum atomic E-state index is -0.149. The molecule has 1 unspecified atom stereocenters. The molecule has 4 nitrogen and oxygen atoms in total. The molecule has 2 aliphatic rings. The van der Waals surface area contributed by atoms with Crippen molar-refractivity contribution in [1.29, 1.82) is 0 Å². The van der Waals surface area contributed by atoms with Crippen LogP contribution in [-0.2, 0) is 11.2 Å². The highest BCUT2D eigenvalue weighted by atomic mass is 35.5. The van der Waals surface area contributed by atoms with Crippen molar-refractivity contribution in [3.05, 3.63) is 42.0 Å². The highest BCUT2D eigenvalue weighted by molar-refractivity contribution is 5.85. The van der Waals surface area contributed by atoms with Crippen molar-refractivity contribution < 1.29 is 4.79 Å². The number of fused-ring (bicyclic) bond motifs is 1. The number of halogens is 2. The third-order valence-corrected chi connectivity index (χ3v) is 3.95. The molecule has 0 aromatic heterocycles. The smallest absolute Gasteiger partial charge is 0.241 e. The largest absolute Gasteiger partial charge is 0.370 e. The summed E-state index contributed by atoms with van der Waals surface area (Å²) >= 11 is 0. The fourth-order valence-electron chi connectivity index (χ4n) is 2.92. The van der Waals surface area contributed by atoms with E-state index >= 15 is 0 Å². The van der Waals surface area contributed by atoms with Gasteiger partial charge >= 0.3 is 0 Å². The van der Waals surface area contributed by atoms with E-state index in [9.17, 15) is 4.79 Å². The average molecular weight is 344 g/mol. The Labute approximate surface area is 144 Å². The lowest BCUT2D eigenvalue weighted by molar-refractivity contribution is -0.121. The zero-order chi connectivity index (χ0) is 13.8. The van der Waals surface area contributed by atoms with Crippen LogP contribution in [0.1, 0.15) is 12.0 Å². The Morgan fingerprint density at radius 3 is 2.91 bits per heavy atom. The van der Waals surface area contributed by atoms with E-state index in [0.717, 1.165) is 26.1 Å². The normalized spacial score (nSPS) is 18.9. The van der Waals surface area contributed by atoms with Crippen LogP contribution in [0.15, 0.2) is 36.4 Å². The van der Waals surface area contributed by atoms with Gasteiger partial charge in [-0.15, -0.1) is 24.8 Å². The molecule has 0 bridgehead atoms. The van der Waals surface area contributed by atoms with E-state index in [0.29, 0.717) is 6.54 Å². The minimum absolute atomic E-state index is 0. The van der Waals surface area contributed by atoms with Crippen LogP contribution in [0, 0.1) is 0 Å². The van der Waals surface area contributed by atoms with Crippen LogP contribution in [0.25, 0.3) is 0 Å². The molecule has 22 heavy (non-hydrogen) atoms. The highest BCUT2D eigenvalue weighted by Gasteiger charge is 2.18. The van der Waals surface area contributed by atoms with E-state index in [2.05, 4.69) is 39.8 Å².